The molecule has 43 heavy (non-hydrogen) atoms. The van der Waals surface area contributed by atoms with Crippen LogP contribution in [0.5, 0.6) is 0 Å². The van der Waals surface area contributed by atoms with Crippen LogP contribution in [0.2, 0.25) is 0 Å². The van der Waals surface area contributed by atoms with Crippen LogP contribution in [-0.4, -0.2) is 48.1 Å². The van der Waals surface area contributed by atoms with Crippen LogP contribution in [0.1, 0.15) is 30.0 Å². The molecule has 10 heteroatoms. The van der Waals surface area contributed by atoms with E-state index in [0.717, 1.165) is 34.0 Å². The lowest BCUT2D eigenvalue weighted by molar-refractivity contribution is -0.137. The average Bonchev–Trinajstić information content (AvgIpc) is 3.41. The smallest absolute Gasteiger partial charge is 0.361 e. The Morgan fingerprint density at radius 1 is 0.837 bits per heavy atom. The number of halogens is 3. The fourth-order valence-corrected chi connectivity index (χ4v) is 6.95. The highest BCUT2D eigenvalue weighted by molar-refractivity contribution is 7.89. The highest BCUT2D eigenvalue weighted by Gasteiger charge is 2.31. The Bertz CT molecular complexity index is 1830. The van der Waals surface area contributed by atoms with E-state index < -0.39 is 34.2 Å². The first-order valence-electron chi connectivity index (χ1n) is 14.0. The number of para-hydroxylation sites is 1. The number of nitrogens with zero attached hydrogens (tertiary/aromatic N) is 2. The van der Waals surface area contributed by atoms with Crippen molar-refractivity contribution < 1.29 is 26.4 Å². The van der Waals surface area contributed by atoms with Crippen LogP contribution in [0.25, 0.3) is 21.7 Å². The molecule has 5 rings (SSSR count). The lowest BCUT2D eigenvalue weighted by Gasteiger charge is -2.28. The van der Waals surface area contributed by atoms with Crippen LogP contribution in [0.15, 0.2) is 102 Å². The van der Waals surface area contributed by atoms with E-state index >= 15 is 0 Å². The van der Waals surface area contributed by atoms with Crippen LogP contribution in [-0.2, 0) is 34.0 Å². The van der Waals surface area contributed by atoms with Gasteiger partial charge in [-0.15, -0.1) is 0 Å². The van der Waals surface area contributed by atoms with Crippen molar-refractivity contribution in [3.8, 4) is 0 Å². The number of hydrogen-bond acceptors (Lipinski definition) is 3. The van der Waals surface area contributed by atoms with Crippen molar-refractivity contribution in [1.82, 2.24) is 14.2 Å². The normalized spacial score (nSPS) is 12.3. The minimum Gasteiger partial charge on any atom is -0.361 e. The van der Waals surface area contributed by atoms with Crippen molar-refractivity contribution in [3.05, 3.63) is 114 Å². The maximum Gasteiger partial charge on any atom is 0.416 e. The average molecular weight is 608 g/mol. The van der Waals surface area contributed by atoms with Crippen molar-refractivity contribution in [2.45, 2.75) is 37.4 Å². The number of hydrogen-bond donors (Lipinski definition) is 1. The molecule has 0 atom stereocenters. The van der Waals surface area contributed by atoms with Crippen molar-refractivity contribution in [2.75, 3.05) is 19.6 Å². The molecule has 5 aromatic rings. The first-order chi connectivity index (χ1) is 20.6. The lowest BCUT2D eigenvalue weighted by atomic mass is 10.1. The van der Waals surface area contributed by atoms with Crippen LogP contribution < -0.4 is 0 Å². The number of rotatable bonds is 11. The standard InChI is InChI=1S/C33H32F3N3O3S/c1-2-19-39(43(41,42)31-13-7-9-25-8-3-4-11-29(25)31)23-32(40)38(22-24-14-16-27(17-15-24)33(34,35)36)20-18-26-21-37-30-12-6-5-10-28(26)30/h3-17,21,37H,2,18-20,22-23H2,1H3. The monoisotopic (exact) mass is 607 g/mol. The molecule has 0 fully saturated rings. The van der Waals surface area contributed by atoms with Gasteiger partial charge in [-0.25, -0.2) is 8.42 Å². The minimum atomic E-state index is -4.47. The molecule has 0 aliphatic heterocycles. The number of aromatic amines is 1. The summed E-state index contributed by atoms with van der Waals surface area (Å²) < 4.78 is 68.5. The van der Waals surface area contributed by atoms with E-state index in [2.05, 4.69) is 4.98 Å². The Balaban J connectivity index is 1.43. The van der Waals surface area contributed by atoms with Gasteiger partial charge in [0.15, 0.2) is 0 Å². The Morgan fingerprint density at radius 2 is 1.51 bits per heavy atom. The number of H-pyrrole nitrogens is 1. The number of carbonyl (C=O) groups excluding carboxylic acids is 1. The van der Waals surface area contributed by atoms with E-state index in [1.54, 1.807) is 24.3 Å². The van der Waals surface area contributed by atoms with Crippen molar-refractivity contribution in [2.24, 2.45) is 0 Å². The van der Waals surface area contributed by atoms with E-state index in [1.165, 1.54) is 21.3 Å². The number of sulfonamides is 1. The van der Waals surface area contributed by atoms with Crippen LogP contribution in [0.4, 0.5) is 13.2 Å². The van der Waals surface area contributed by atoms with E-state index in [1.807, 2.05) is 55.6 Å². The highest BCUT2D eigenvalue weighted by atomic mass is 32.2. The Kier molecular flexibility index (Phi) is 8.89. The molecule has 0 saturated carbocycles. The summed E-state index contributed by atoms with van der Waals surface area (Å²) in [4.78, 5) is 18.7. The molecule has 0 saturated heterocycles. The molecule has 0 spiro atoms. The molecule has 1 amide bonds. The lowest BCUT2D eigenvalue weighted by Crippen LogP contribution is -2.43. The van der Waals surface area contributed by atoms with Gasteiger partial charge in [0.2, 0.25) is 15.9 Å². The number of amides is 1. The van der Waals surface area contributed by atoms with Gasteiger partial charge in [-0.2, -0.15) is 17.5 Å². The number of aromatic nitrogens is 1. The number of fused-ring (bicyclic) bond motifs is 2. The number of benzene rings is 4. The molecule has 1 aromatic heterocycles. The van der Waals surface area contributed by atoms with Gasteiger partial charge in [-0.05, 0) is 53.6 Å². The molecule has 0 radical (unpaired) electrons. The fraction of sp³-hybridized carbons (Fsp3) is 0.242. The van der Waals surface area contributed by atoms with Gasteiger partial charge >= 0.3 is 6.18 Å². The quantitative estimate of drug-likeness (QED) is 0.176. The zero-order chi connectivity index (χ0) is 30.6. The van der Waals surface area contributed by atoms with Gasteiger partial charge in [0.05, 0.1) is 17.0 Å². The third-order valence-corrected chi connectivity index (χ3v) is 9.39. The molecule has 224 valence electrons. The van der Waals surface area contributed by atoms with Crippen LogP contribution >= 0.6 is 0 Å². The molecule has 0 bridgehead atoms. The molecule has 4 aromatic carbocycles. The SMILES string of the molecule is CCCN(CC(=O)N(CCc1c[nH]c2ccccc12)Cc1ccc(C(F)(F)F)cc1)S(=O)(=O)c1cccc2ccccc12. The summed E-state index contributed by atoms with van der Waals surface area (Å²) in [6.45, 7) is 1.86. The van der Waals surface area contributed by atoms with E-state index in [9.17, 15) is 26.4 Å². The summed E-state index contributed by atoms with van der Waals surface area (Å²) in [5.41, 5.74) is 1.67. The van der Waals surface area contributed by atoms with E-state index in [-0.39, 0.29) is 24.5 Å². The first kappa shape index (κ1) is 30.3. The van der Waals surface area contributed by atoms with Crippen molar-refractivity contribution in [3.63, 3.8) is 0 Å². The molecular weight excluding hydrogens is 575 g/mol. The summed E-state index contributed by atoms with van der Waals surface area (Å²) >= 11 is 0. The van der Waals surface area contributed by atoms with Crippen molar-refractivity contribution >= 4 is 37.6 Å². The number of alkyl halides is 3. The van der Waals surface area contributed by atoms with Gasteiger partial charge in [-0.3, -0.25) is 4.79 Å². The Hall–Kier alpha value is -4.15. The maximum absolute atomic E-state index is 13.9. The van der Waals surface area contributed by atoms with Gasteiger partial charge in [0, 0.05) is 42.1 Å². The number of carbonyl (C=O) groups is 1. The maximum atomic E-state index is 13.9. The minimum absolute atomic E-state index is 0.0353. The van der Waals surface area contributed by atoms with E-state index in [4.69, 9.17) is 0 Å². The number of nitrogens with one attached hydrogen (secondary N) is 1. The van der Waals surface area contributed by atoms with Crippen LogP contribution in [0.3, 0.4) is 0 Å². The third-order valence-electron chi connectivity index (χ3n) is 7.49. The predicted octanol–water partition coefficient (Wildman–Crippen LogP) is 7.01. The third kappa shape index (κ3) is 6.76. The second kappa shape index (κ2) is 12.6. The topological polar surface area (TPSA) is 73.5 Å². The van der Waals surface area contributed by atoms with Crippen LogP contribution in [0, 0.1) is 0 Å². The molecule has 0 unspecified atom stereocenters. The summed E-state index contributed by atoms with van der Waals surface area (Å²) in [6, 6.07) is 24.7. The fourth-order valence-electron chi connectivity index (χ4n) is 5.25. The molecular formula is C33H32F3N3O3S. The summed E-state index contributed by atoms with van der Waals surface area (Å²) in [5, 5.41) is 2.35. The van der Waals surface area contributed by atoms with Crippen molar-refractivity contribution in [1.29, 1.82) is 0 Å². The zero-order valence-electron chi connectivity index (χ0n) is 23.6. The van der Waals surface area contributed by atoms with E-state index in [0.29, 0.717) is 23.8 Å². The largest absolute Gasteiger partial charge is 0.416 e. The predicted molar refractivity (Wildman–Crippen MR) is 162 cm³/mol. The summed E-state index contributed by atoms with van der Waals surface area (Å²) in [7, 11) is -4.04. The Morgan fingerprint density at radius 3 is 2.23 bits per heavy atom. The summed E-state index contributed by atoms with van der Waals surface area (Å²) in [5.74, 6) is -0.433. The highest BCUT2D eigenvalue weighted by Crippen LogP contribution is 2.30. The molecule has 1 N–H and O–H groups in total. The second-order valence-electron chi connectivity index (χ2n) is 10.4. The second-order valence-corrected chi connectivity index (χ2v) is 12.3. The van der Waals surface area contributed by atoms with Gasteiger partial charge in [0.25, 0.3) is 0 Å². The molecule has 0 aliphatic carbocycles. The molecule has 1 heterocycles. The molecule has 6 nitrogen and oxygen atoms in total. The van der Waals surface area contributed by atoms with Gasteiger partial charge < -0.3 is 9.88 Å². The van der Waals surface area contributed by atoms with Gasteiger partial charge in [-0.1, -0.05) is 73.7 Å². The zero-order valence-corrected chi connectivity index (χ0v) is 24.5. The summed E-state index contributed by atoms with van der Waals surface area (Å²) in [6.07, 6.45) is -1.63. The Labute approximate surface area is 248 Å². The van der Waals surface area contributed by atoms with Gasteiger partial charge in [0.1, 0.15) is 0 Å². The first-order valence-corrected chi connectivity index (χ1v) is 15.5. The molecule has 0 aliphatic rings.